The van der Waals surface area contributed by atoms with E-state index in [1.165, 1.54) is 6.42 Å². The van der Waals surface area contributed by atoms with Crippen molar-refractivity contribution in [2.45, 2.75) is 69.3 Å². The van der Waals surface area contributed by atoms with Crippen molar-refractivity contribution in [3.8, 4) is 11.4 Å². The third-order valence-electron chi connectivity index (χ3n) is 8.49. The molecule has 0 aromatic carbocycles. The van der Waals surface area contributed by atoms with Gasteiger partial charge in [0, 0.05) is 55.3 Å². The third kappa shape index (κ3) is 3.72. The number of rotatable bonds is 4. The number of likely N-dealkylation sites (tertiary alicyclic amines) is 1. The van der Waals surface area contributed by atoms with Crippen molar-refractivity contribution >= 4 is 5.91 Å². The fourth-order valence-corrected chi connectivity index (χ4v) is 7.73. The Morgan fingerprint density at radius 1 is 1.09 bits per heavy atom. The lowest BCUT2D eigenvalue weighted by atomic mass is 9.47. The number of hydrogen-bond acceptors (Lipinski definition) is 5. The summed E-state index contributed by atoms with van der Waals surface area (Å²) in [6, 6.07) is 5.85. The molecule has 4 aliphatic carbocycles. The first-order chi connectivity index (χ1) is 15.5. The summed E-state index contributed by atoms with van der Waals surface area (Å²) in [5, 5.41) is 11.1. The van der Waals surface area contributed by atoms with Crippen LogP contribution in [0.4, 0.5) is 0 Å². The van der Waals surface area contributed by atoms with Crippen LogP contribution in [0.2, 0.25) is 0 Å². The van der Waals surface area contributed by atoms with E-state index in [0.717, 1.165) is 75.1 Å². The molecule has 3 heterocycles. The van der Waals surface area contributed by atoms with Gasteiger partial charge in [-0.3, -0.25) is 9.78 Å². The van der Waals surface area contributed by atoms with Gasteiger partial charge < -0.3 is 10.0 Å². The summed E-state index contributed by atoms with van der Waals surface area (Å²) in [6.45, 7) is 1.57. The Bertz CT molecular complexity index is 996. The minimum absolute atomic E-state index is 0.0340. The highest BCUT2D eigenvalue weighted by Gasteiger charge is 2.57. The second kappa shape index (κ2) is 7.62. The van der Waals surface area contributed by atoms with Gasteiger partial charge >= 0.3 is 0 Å². The molecule has 0 unspecified atom stereocenters. The molecule has 6 nitrogen and oxygen atoms in total. The summed E-state index contributed by atoms with van der Waals surface area (Å²) in [5.74, 6) is 2.49. The first-order valence-electron chi connectivity index (χ1n) is 12.2. The number of amides is 1. The lowest BCUT2D eigenvalue weighted by Gasteiger charge is -2.60. The maximum atomic E-state index is 13.5. The number of carbonyl (C=O) groups is 1. The van der Waals surface area contributed by atoms with Crippen LogP contribution in [0, 0.1) is 17.3 Å². The molecule has 1 aliphatic heterocycles. The van der Waals surface area contributed by atoms with E-state index in [2.05, 4.69) is 14.9 Å². The molecule has 1 N–H and O–H groups in total. The average molecular weight is 433 g/mol. The minimum Gasteiger partial charge on any atom is -0.390 e. The SMILES string of the molecule is O=C(CC12C[C@H]3C[C@@H](CC(O)(C3)C1)C2)N1CCC[C@@H](c2ccnc(-c3ccncc3)n2)C1. The van der Waals surface area contributed by atoms with Crippen molar-refractivity contribution < 1.29 is 9.90 Å². The van der Waals surface area contributed by atoms with Crippen LogP contribution in [-0.2, 0) is 4.79 Å². The number of aliphatic hydroxyl groups is 1. The number of nitrogens with zero attached hydrogens (tertiary/aromatic N) is 4. The van der Waals surface area contributed by atoms with Gasteiger partial charge in [-0.15, -0.1) is 0 Å². The van der Waals surface area contributed by atoms with Gasteiger partial charge in [0.05, 0.1) is 5.60 Å². The summed E-state index contributed by atoms with van der Waals surface area (Å²) in [7, 11) is 0. The van der Waals surface area contributed by atoms with E-state index in [0.29, 0.717) is 18.3 Å². The normalized spacial score (nSPS) is 35.8. The summed E-state index contributed by atoms with van der Waals surface area (Å²) in [5.41, 5.74) is 1.52. The van der Waals surface area contributed by atoms with Gasteiger partial charge in [0.1, 0.15) is 0 Å². The number of pyridine rings is 1. The molecule has 0 spiro atoms. The first kappa shape index (κ1) is 20.3. The van der Waals surface area contributed by atoms with Gasteiger partial charge in [-0.25, -0.2) is 9.97 Å². The van der Waals surface area contributed by atoms with Crippen LogP contribution in [0.5, 0.6) is 0 Å². The molecule has 3 atom stereocenters. The maximum Gasteiger partial charge on any atom is 0.223 e. The fourth-order valence-electron chi connectivity index (χ4n) is 7.73. The van der Waals surface area contributed by atoms with Crippen LogP contribution in [0.3, 0.4) is 0 Å². The van der Waals surface area contributed by atoms with E-state index in [1.807, 2.05) is 24.4 Å². The highest BCUT2D eigenvalue weighted by Crippen LogP contribution is 2.63. The van der Waals surface area contributed by atoms with Gasteiger partial charge in [0.25, 0.3) is 0 Å². The molecule has 32 heavy (non-hydrogen) atoms. The van der Waals surface area contributed by atoms with Gasteiger partial charge in [0.2, 0.25) is 5.91 Å². The van der Waals surface area contributed by atoms with Crippen molar-refractivity contribution in [2.75, 3.05) is 13.1 Å². The zero-order valence-corrected chi connectivity index (χ0v) is 18.6. The Balaban J connectivity index is 1.16. The summed E-state index contributed by atoms with van der Waals surface area (Å²) >= 11 is 0. The van der Waals surface area contributed by atoms with Gasteiger partial charge in [-0.2, -0.15) is 0 Å². The van der Waals surface area contributed by atoms with Gasteiger partial charge in [-0.1, -0.05) is 0 Å². The molecule has 2 aromatic rings. The van der Waals surface area contributed by atoms with Gasteiger partial charge in [0.15, 0.2) is 5.82 Å². The van der Waals surface area contributed by atoms with E-state index >= 15 is 0 Å². The first-order valence-corrected chi connectivity index (χ1v) is 12.2. The smallest absolute Gasteiger partial charge is 0.223 e. The zero-order valence-electron chi connectivity index (χ0n) is 18.6. The summed E-state index contributed by atoms with van der Waals surface area (Å²) < 4.78 is 0. The average Bonchev–Trinajstić information content (AvgIpc) is 2.78. The third-order valence-corrected chi connectivity index (χ3v) is 8.49. The Kier molecular flexibility index (Phi) is 4.83. The predicted molar refractivity (Wildman–Crippen MR) is 120 cm³/mol. The lowest BCUT2D eigenvalue weighted by molar-refractivity contribution is -0.172. The van der Waals surface area contributed by atoms with Crippen LogP contribution < -0.4 is 0 Å². The van der Waals surface area contributed by atoms with E-state index in [-0.39, 0.29) is 17.2 Å². The molecule has 168 valence electrons. The van der Waals surface area contributed by atoms with Crippen molar-refractivity contribution in [1.82, 2.24) is 19.9 Å². The standard InChI is InChI=1S/C26H32N4O2/c31-23(15-25-11-18-10-19(12-25)14-26(32,13-18)17-25)30-9-1-2-21(16-30)22-5-8-28-24(29-22)20-3-6-27-7-4-20/h3-8,18-19,21,32H,1-2,9-17H2/t18-,19-,21-,25?,26?/m1/s1. The largest absolute Gasteiger partial charge is 0.390 e. The summed E-state index contributed by atoms with van der Waals surface area (Å²) in [6.07, 6.45) is 14.3. The highest BCUT2D eigenvalue weighted by molar-refractivity contribution is 5.77. The van der Waals surface area contributed by atoms with Gasteiger partial charge in [-0.05, 0) is 86.8 Å². The van der Waals surface area contributed by atoms with E-state index < -0.39 is 5.60 Å². The topological polar surface area (TPSA) is 79.2 Å². The van der Waals surface area contributed by atoms with E-state index in [4.69, 9.17) is 4.98 Å². The Hall–Kier alpha value is -2.34. The Labute approximate surface area is 189 Å². The molecule has 5 aliphatic rings. The van der Waals surface area contributed by atoms with Crippen LogP contribution in [0.15, 0.2) is 36.8 Å². The monoisotopic (exact) mass is 432 g/mol. The Morgan fingerprint density at radius 3 is 2.62 bits per heavy atom. The van der Waals surface area contributed by atoms with Crippen LogP contribution in [0.1, 0.15) is 69.4 Å². The zero-order chi connectivity index (χ0) is 21.8. The molecule has 2 aromatic heterocycles. The van der Waals surface area contributed by atoms with Crippen LogP contribution >= 0.6 is 0 Å². The minimum atomic E-state index is -0.501. The second-order valence-corrected chi connectivity index (χ2v) is 11.1. The molecule has 0 radical (unpaired) electrons. The van der Waals surface area contributed by atoms with Crippen molar-refractivity contribution in [3.63, 3.8) is 0 Å². The van der Waals surface area contributed by atoms with Crippen LogP contribution in [0.25, 0.3) is 11.4 Å². The van der Waals surface area contributed by atoms with E-state index in [9.17, 15) is 9.90 Å². The number of hydrogen-bond donors (Lipinski definition) is 1. The molecule has 6 heteroatoms. The van der Waals surface area contributed by atoms with Crippen LogP contribution in [-0.4, -0.2) is 49.6 Å². The predicted octanol–water partition coefficient (Wildman–Crippen LogP) is 3.97. The van der Waals surface area contributed by atoms with Crippen molar-refractivity contribution in [3.05, 3.63) is 42.5 Å². The highest BCUT2D eigenvalue weighted by atomic mass is 16.3. The number of piperidine rings is 1. The molecular weight excluding hydrogens is 400 g/mol. The molecule has 5 fully saturated rings. The molecule has 1 saturated heterocycles. The Morgan fingerprint density at radius 2 is 1.88 bits per heavy atom. The fraction of sp³-hybridized carbons (Fsp3) is 0.615. The summed E-state index contributed by atoms with van der Waals surface area (Å²) in [4.78, 5) is 28.9. The molecule has 4 saturated carbocycles. The van der Waals surface area contributed by atoms with Crippen molar-refractivity contribution in [1.29, 1.82) is 0 Å². The maximum absolute atomic E-state index is 13.5. The molecule has 7 rings (SSSR count). The molecular formula is C26H32N4O2. The number of carbonyl (C=O) groups excluding carboxylic acids is 1. The molecule has 4 bridgehead atoms. The number of aromatic nitrogens is 3. The second-order valence-electron chi connectivity index (χ2n) is 11.1. The van der Waals surface area contributed by atoms with Crippen molar-refractivity contribution in [2.24, 2.45) is 17.3 Å². The molecule has 1 amide bonds. The van der Waals surface area contributed by atoms with E-state index in [1.54, 1.807) is 12.4 Å². The quantitative estimate of drug-likeness (QED) is 0.791. The lowest BCUT2D eigenvalue weighted by Crippen LogP contribution is -2.56.